The first-order valence-corrected chi connectivity index (χ1v) is 14.2. The summed E-state index contributed by atoms with van der Waals surface area (Å²) in [5.74, 6) is -1.39. The molecule has 4 aromatic rings. The van der Waals surface area contributed by atoms with Crippen molar-refractivity contribution in [1.29, 1.82) is 0 Å². The van der Waals surface area contributed by atoms with Gasteiger partial charge in [0, 0.05) is 63.4 Å². The second-order valence-electron chi connectivity index (χ2n) is 10.5. The van der Waals surface area contributed by atoms with E-state index in [-0.39, 0.29) is 57.3 Å². The molecular formula is C29H29ClF3N9O3. The first kappa shape index (κ1) is 31.7. The first-order valence-electron chi connectivity index (χ1n) is 13.8. The standard InChI is InChI=1S/C29H29ClF3N9O3/c1-16(34)27(44)41-8-10-42(11-9-41)28(45)19-6-5-18(13-20(19)30)37-26(43)25-36-15-22(40(25)2)23-21(12-17-4-3-7-35-14-17)38-39-24(23)29(31,32)33/h3-7,13-16H,8-12,34H2,1-2H3,(H,37,43)(H,38,39)/t16-/m0/s1. The number of piperazine rings is 1. The molecule has 45 heavy (non-hydrogen) atoms. The van der Waals surface area contributed by atoms with Crippen molar-refractivity contribution in [3.8, 4) is 11.3 Å². The van der Waals surface area contributed by atoms with Crippen LogP contribution in [0.1, 0.15) is 44.9 Å². The van der Waals surface area contributed by atoms with E-state index in [1.54, 1.807) is 35.1 Å². The van der Waals surface area contributed by atoms with E-state index in [2.05, 4.69) is 25.5 Å². The van der Waals surface area contributed by atoms with E-state index in [9.17, 15) is 27.6 Å². The predicted molar refractivity (Wildman–Crippen MR) is 158 cm³/mol. The number of carbonyl (C=O) groups is 3. The zero-order chi connectivity index (χ0) is 32.5. The summed E-state index contributed by atoms with van der Waals surface area (Å²) in [5, 5.41) is 8.72. The maximum Gasteiger partial charge on any atom is 0.435 e. The number of aromatic nitrogens is 5. The van der Waals surface area contributed by atoms with Crippen LogP contribution in [0.25, 0.3) is 11.3 Å². The highest BCUT2D eigenvalue weighted by molar-refractivity contribution is 6.34. The van der Waals surface area contributed by atoms with Crippen molar-refractivity contribution in [3.05, 3.63) is 82.3 Å². The largest absolute Gasteiger partial charge is 0.435 e. The average molecular weight is 644 g/mol. The molecule has 0 saturated carbocycles. The number of amides is 3. The zero-order valence-corrected chi connectivity index (χ0v) is 25.0. The van der Waals surface area contributed by atoms with Gasteiger partial charge >= 0.3 is 6.18 Å². The number of benzene rings is 1. The van der Waals surface area contributed by atoms with Crippen molar-refractivity contribution in [2.45, 2.75) is 25.6 Å². The Labute approximate surface area is 260 Å². The van der Waals surface area contributed by atoms with E-state index >= 15 is 0 Å². The molecule has 4 N–H and O–H groups in total. The number of carbonyl (C=O) groups excluding carboxylic acids is 3. The Hall–Kier alpha value is -4.76. The van der Waals surface area contributed by atoms with Crippen molar-refractivity contribution in [1.82, 2.24) is 34.5 Å². The van der Waals surface area contributed by atoms with Crippen molar-refractivity contribution in [2.75, 3.05) is 31.5 Å². The molecule has 1 fully saturated rings. The molecule has 0 radical (unpaired) electrons. The van der Waals surface area contributed by atoms with Crippen LogP contribution < -0.4 is 11.1 Å². The maximum absolute atomic E-state index is 13.9. The number of rotatable bonds is 7. The van der Waals surface area contributed by atoms with Gasteiger partial charge in [0.05, 0.1) is 34.1 Å². The number of halogens is 4. The van der Waals surface area contributed by atoms with E-state index in [4.69, 9.17) is 17.3 Å². The SMILES string of the molecule is C[C@H](N)C(=O)N1CCN(C(=O)c2ccc(NC(=O)c3ncc(-c4c(C(F)(F)F)n[nH]c4Cc4cccnc4)n3C)cc2Cl)CC1. The maximum atomic E-state index is 13.9. The minimum absolute atomic E-state index is 0.0295. The second kappa shape index (κ2) is 12.7. The van der Waals surface area contributed by atoms with Crippen LogP contribution in [0.15, 0.2) is 48.9 Å². The smallest absolute Gasteiger partial charge is 0.338 e. The number of nitrogens with two attached hydrogens (primary N) is 1. The molecule has 5 rings (SSSR count). The molecule has 0 bridgehead atoms. The lowest BCUT2D eigenvalue weighted by Crippen LogP contribution is -2.53. The quantitative estimate of drug-likeness (QED) is 0.279. The molecule has 3 aromatic heterocycles. The summed E-state index contributed by atoms with van der Waals surface area (Å²) in [4.78, 5) is 49.7. The van der Waals surface area contributed by atoms with Crippen molar-refractivity contribution < 1.29 is 27.6 Å². The van der Waals surface area contributed by atoms with Crippen molar-refractivity contribution >= 4 is 35.0 Å². The molecule has 0 spiro atoms. The highest BCUT2D eigenvalue weighted by Gasteiger charge is 2.39. The number of imidazole rings is 1. The first-order chi connectivity index (χ1) is 21.3. The van der Waals surface area contributed by atoms with E-state index in [0.717, 1.165) is 0 Å². The summed E-state index contributed by atoms with van der Waals surface area (Å²) < 4.78 is 43.0. The Morgan fingerprint density at radius 3 is 2.44 bits per heavy atom. The monoisotopic (exact) mass is 643 g/mol. The number of nitrogens with zero attached hydrogens (tertiary/aromatic N) is 6. The van der Waals surface area contributed by atoms with Crippen LogP contribution in [-0.2, 0) is 24.4 Å². The van der Waals surface area contributed by atoms with Crippen LogP contribution in [0, 0.1) is 0 Å². The molecule has 1 atom stereocenters. The highest BCUT2D eigenvalue weighted by atomic mass is 35.5. The number of aromatic amines is 1. The molecule has 1 aromatic carbocycles. The third-order valence-corrected chi connectivity index (χ3v) is 7.70. The van der Waals surface area contributed by atoms with Crippen LogP contribution in [0.3, 0.4) is 0 Å². The third kappa shape index (κ3) is 6.68. The van der Waals surface area contributed by atoms with Gasteiger partial charge in [0.1, 0.15) is 0 Å². The summed E-state index contributed by atoms with van der Waals surface area (Å²) in [6.07, 6.45) is -0.410. The van der Waals surface area contributed by atoms with Gasteiger partial charge in [-0.1, -0.05) is 17.7 Å². The van der Waals surface area contributed by atoms with Gasteiger partial charge in [-0.05, 0) is 36.8 Å². The topological polar surface area (TPSA) is 155 Å². The van der Waals surface area contributed by atoms with Crippen molar-refractivity contribution in [3.63, 3.8) is 0 Å². The lowest BCUT2D eigenvalue weighted by atomic mass is 10.0. The van der Waals surface area contributed by atoms with E-state index in [1.807, 2.05) is 0 Å². The predicted octanol–water partition coefficient (Wildman–Crippen LogP) is 3.35. The average Bonchev–Trinajstić information content (AvgIpc) is 3.60. The van der Waals surface area contributed by atoms with Gasteiger partial charge < -0.3 is 25.4 Å². The number of H-pyrrole nitrogens is 1. The number of anilines is 1. The van der Waals surface area contributed by atoms with Crippen LogP contribution in [0.2, 0.25) is 5.02 Å². The highest BCUT2D eigenvalue weighted by Crippen LogP contribution is 2.38. The van der Waals surface area contributed by atoms with Crippen LogP contribution in [0.4, 0.5) is 18.9 Å². The lowest BCUT2D eigenvalue weighted by molar-refractivity contribution is -0.140. The molecule has 1 aliphatic heterocycles. The molecule has 16 heteroatoms. The summed E-state index contributed by atoms with van der Waals surface area (Å²) >= 11 is 6.42. The minimum atomic E-state index is -4.77. The summed E-state index contributed by atoms with van der Waals surface area (Å²) in [7, 11) is 1.43. The van der Waals surface area contributed by atoms with Gasteiger partial charge in [-0.3, -0.25) is 24.5 Å². The summed E-state index contributed by atoms with van der Waals surface area (Å²) in [6, 6.07) is 7.13. The lowest BCUT2D eigenvalue weighted by Gasteiger charge is -2.35. The molecule has 3 amide bonds. The van der Waals surface area contributed by atoms with Crippen LogP contribution in [-0.4, -0.2) is 84.5 Å². The van der Waals surface area contributed by atoms with E-state index in [1.165, 1.54) is 42.2 Å². The fourth-order valence-electron chi connectivity index (χ4n) is 5.09. The van der Waals surface area contributed by atoms with Gasteiger partial charge in [0.2, 0.25) is 5.91 Å². The van der Waals surface area contributed by atoms with Gasteiger partial charge in [-0.25, -0.2) is 4.98 Å². The molecule has 1 aliphatic rings. The second-order valence-corrected chi connectivity index (χ2v) is 10.9. The molecule has 0 aliphatic carbocycles. The Morgan fingerprint density at radius 1 is 1.11 bits per heavy atom. The molecule has 236 valence electrons. The molecule has 4 heterocycles. The summed E-state index contributed by atoms with van der Waals surface area (Å²) in [5.41, 5.74) is 5.64. The Bertz CT molecular complexity index is 1730. The third-order valence-electron chi connectivity index (χ3n) is 7.39. The molecule has 12 nitrogen and oxygen atoms in total. The van der Waals surface area contributed by atoms with Crippen LogP contribution in [0.5, 0.6) is 0 Å². The number of pyridine rings is 1. The molecule has 0 unspecified atom stereocenters. The summed E-state index contributed by atoms with van der Waals surface area (Å²) in [6.45, 7) is 2.92. The number of hydrogen-bond acceptors (Lipinski definition) is 7. The number of alkyl halides is 3. The van der Waals surface area contributed by atoms with Gasteiger partial charge in [-0.15, -0.1) is 0 Å². The number of nitrogens with one attached hydrogen (secondary N) is 2. The molecule has 1 saturated heterocycles. The number of hydrogen-bond donors (Lipinski definition) is 3. The van der Waals surface area contributed by atoms with Gasteiger partial charge in [-0.2, -0.15) is 18.3 Å². The Balaban J connectivity index is 1.32. The zero-order valence-electron chi connectivity index (χ0n) is 24.2. The Kier molecular flexibility index (Phi) is 8.93. The van der Waals surface area contributed by atoms with E-state index < -0.39 is 23.8 Å². The fraction of sp³-hybridized carbons (Fsp3) is 0.310. The fourth-order valence-corrected chi connectivity index (χ4v) is 5.35. The normalized spacial score (nSPS) is 14.4. The van der Waals surface area contributed by atoms with Gasteiger partial charge in [0.15, 0.2) is 11.5 Å². The van der Waals surface area contributed by atoms with Gasteiger partial charge in [0.25, 0.3) is 11.8 Å². The van der Waals surface area contributed by atoms with Crippen molar-refractivity contribution in [2.24, 2.45) is 12.8 Å². The van der Waals surface area contributed by atoms with E-state index in [0.29, 0.717) is 31.7 Å². The minimum Gasteiger partial charge on any atom is -0.338 e. The van der Waals surface area contributed by atoms with Crippen LogP contribution >= 0.6 is 11.6 Å². The molecular weight excluding hydrogens is 615 g/mol. The Morgan fingerprint density at radius 2 is 1.82 bits per heavy atom.